The molecule has 0 aromatic heterocycles. The molecule has 0 radical (unpaired) electrons. The van der Waals surface area contributed by atoms with E-state index in [1.165, 1.54) is 16.0 Å². The second-order valence-electron chi connectivity index (χ2n) is 3.71. The molecule has 1 nitrogen and oxygen atoms in total. The van der Waals surface area contributed by atoms with E-state index in [-0.39, 0.29) is 0 Å². The molecule has 1 atom stereocenters. The molecule has 0 fully saturated rings. The molecular formula is C12H19NS. The van der Waals surface area contributed by atoms with Gasteiger partial charge in [-0.3, -0.25) is 0 Å². The van der Waals surface area contributed by atoms with E-state index in [9.17, 15) is 0 Å². The van der Waals surface area contributed by atoms with Crippen molar-refractivity contribution in [3.63, 3.8) is 0 Å². The smallest absolute Gasteiger partial charge is 0.0101 e. The standard InChI is InChI=1S/C12H19NS/c1-9(6-7-13)11-5-4-10(2)12(8-11)14-3/h4-5,8-9H,6-7,13H2,1-3H3. The zero-order valence-corrected chi connectivity index (χ0v) is 10.0. The molecule has 0 amide bonds. The van der Waals surface area contributed by atoms with Crippen LogP contribution in [0.25, 0.3) is 0 Å². The molecule has 0 spiro atoms. The van der Waals surface area contributed by atoms with Gasteiger partial charge >= 0.3 is 0 Å². The van der Waals surface area contributed by atoms with Crippen molar-refractivity contribution in [2.45, 2.75) is 31.1 Å². The molecule has 1 unspecified atom stereocenters. The van der Waals surface area contributed by atoms with Gasteiger partial charge in [0.1, 0.15) is 0 Å². The molecule has 0 heterocycles. The van der Waals surface area contributed by atoms with E-state index < -0.39 is 0 Å². The van der Waals surface area contributed by atoms with Crippen molar-refractivity contribution in [2.24, 2.45) is 5.73 Å². The van der Waals surface area contributed by atoms with Gasteiger partial charge in [0, 0.05) is 4.90 Å². The Morgan fingerprint density at radius 3 is 2.71 bits per heavy atom. The van der Waals surface area contributed by atoms with Gasteiger partial charge in [-0.1, -0.05) is 19.1 Å². The molecule has 1 rings (SSSR count). The Hall–Kier alpha value is -0.470. The van der Waals surface area contributed by atoms with E-state index in [1.807, 2.05) is 11.8 Å². The van der Waals surface area contributed by atoms with Crippen LogP contribution in [0.3, 0.4) is 0 Å². The molecule has 0 aliphatic heterocycles. The zero-order chi connectivity index (χ0) is 10.6. The first-order chi connectivity index (χ1) is 6.69. The number of rotatable bonds is 4. The number of hydrogen-bond acceptors (Lipinski definition) is 2. The minimum Gasteiger partial charge on any atom is -0.330 e. The van der Waals surface area contributed by atoms with Crippen LogP contribution in [0.5, 0.6) is 0 Å². The minimum absolute atomic E-state index is 0.575. The van der Waals surface area contributed by atoms with Crippen LogP contribution in [0.15, 0.2) is 23.1 Å². The van der Waals surface area contributed by atoms with Crippen LogP contribution < -0.4 is 5.73 Å². The topological polar surface area (TPSA) is 26.0 Å². The van der Waals surface area contributed by atoms with Gasteiger partial charge in [-0.15, -0.1) is 11.8 Å². The number of benzene rings is 1. The van der Waals surface area contributed by atoms with Crippen molar-refractivity contribution >= 4 is 11.8 Å². The predicted octanol–water partition coefficient (Wildman–Crippen LogP) is 3.17. The Balaban J connectivity index is 2.88. The van der Waals surface area contributed by atoms with Crippen molar-refractivity contribution in [2.75, 3.05) is 12.8 Å². The third-order valence-corrected chi connectivity index (χ3v) is 3.48. The van der Waals surface area contributed by atoms with Crippen molar-refractivity contribution in [3.8, 4) is 0 Å². The minimum atomic E-state index is 0.575. The SMILES string of the molecule is CSc1cc(C(C)CCN)ccc1C. The summed E-state index contributed by atoms with van der Waals surface area (Å²) in [6.07, 6.45) is 3.19. The maximum absolute atomic E-state index is 5.56. The zero-order valence-electron chi connectivity index (χ0n) is 9.21. The Morgan fingerprint density at radius 1 is 1.43 bits per heavy atom. The second-order valence-corrected chi connectivity index (χ2v) is 4.56. The maximum atomic E-state index is 5.56. The molecule has 1 aromatic rings. The lowest BCUT2D eigenvalue weighted by atomic mass is 9.97. The summed E-state index contributed by atoms with van der Waals surface area (Å²) in [6.45, 7) is 5.16. The monoisotopic (exact) mass is 209 g/mol. The van der Waals surface area contributed by atoms with E-state index in [0.29, 0.717) is 5.92 Å². The van der Waals surface area contributed by atoms with Crippen molar-refractivity contribution in [3.05, 3.63) is 29.3 Å². The van der Waals surface area contributed by atoms with E-state index >= 15 is 0 Å². The summed E-state index contributed by atoms with van der Waals surface area (Å²) in [5.74, 6) is 0.575. The number of thioether (sulfide) groups is 1. The molecule has 0 aliphatic carbocycles. The van der Waals surface area contributed by atoms with Crippen LogP contribution in [0.4, 0.5) is 0 Å². The Kier molecular flexibility index (Phi) is 4.49. The van der Waals surface area contributed by atoms with Gasteiger partial charge in [0.15, 0.2) is 0 Å². The molecule has 0 bridgehead atoms. The summed E-state index contributed by atoms with van der Waals surface area (Å²) in [7, 11) is 0. The Bertz CT molecular complexity index is 296. The fraction of sp³-hybridized carbons (Fsp3) is 0.500. The molecule has 0 saturated carbocycles. The van der Waals surface area contributed by atoms with E-state index in [2.05, 4.69) is 38.3 Å². The average molecular weight is 209 g/mol. The highest BCUT2D eigenvalue weighted by Gasteiger charge is 2.06. The first kappa shape index (κ1) is 11.6. The van der Waals surface area contributed by atoms with Crippen LogP contribution in [-0.2, 0) is 0 Å². The van der Waals surface area contributed by atoms with Gasteiger partial charge in [-0.25, -0.2) is 0 Å². The highest BCUT2D eigenvalue weighted by molar-refractivity contribution is 7.98. The van der Waals surface area contributed by atoms with Gasteiger partial charge in [-0.2, -0.15) is 0 Å². The van der Waals surface area contributed by atoms with Gasteiger partial charge in [-0.05, 0) is 49.3 Å². The summed E-state index contributed by atoms with van der Waals surface area (Å²) in [6, 6.07) is 6.71. The van der Waals surface area contributed by atoms with Crippen LogP contribution in [0.1, 0.15) is 30.4 Å². The number of hydrogen-bond donors (Lipinski definition) is 1. The summed E-state index contributed by atoms with van der Waals surface area (Å²) in [5.41, 5.74) is 8.33. The van der Waals surface area contributed by atoms with Gasteiger partial charge < -0.3 is 5.73 Å². The molecule has 2 N–H and O–H groups in total. The van der Waals surface area contributed by atoms with E-state index in [0.717, 1.165) is 13.0 Å². The summed E-state index contributed by atoms with van der Waals surface area (Å²) in [5, 5.41) is 0. The van der Waals surface area contributed by atoms with E-state index in [1.54, 1.807) is 0 Å². The fourth-order valence-corrected chi connectivity index (χ4v) is 2.20. The number of nitrogens with two attached hydrogens (primary N) is 1. The largest absolute Gasteiger partial charge is 0.330 e. The predicted molar refractivity (Wildman–Crippen MR) is 65.0 cm³/mol. The molecular weight excluding hydrogens is 190 g/mol. The third kappa shape index (κ3) is 2.76. The highest BCUT2D eigenvalue weighted by Crippen LogP contribution is 2.26. The van der Waals surface area contributed by atoms with Crippen molar-refractivity contribution < 1.29 is 0 Å². The highest BCUT2D eigenvalue weighted by atomic mass is 32.2. The first-order valence-corrected chi connectivity index (χ1v) is 6.26. The molecule has 1 aromatic carbocycles. The van der Waals surface area contributed by atoms with Crippen LogP contribution >= 0.6 is 11.8 Å². The summed E-state index contributed by atoms with van der Waals surface area (Å²) < 4.78 is 0. The Labute approximate surface area is 91.1 Å². The van der Waals surface area contributed by atoms with Crippen molar-refractivity contribution in [1.82, 2.24) is 0 Å². The molecule has 0 saturated heterocycles. The molecule has 14 heavy (non-hydrogen) atoms. The molecule has 78 valence electrons. The van der Waals surface area contributed by atoms with Gasteiger partial charge in [0.2, 0.25) is 0 Å². The maximum Gasteiger partial charge on any atom is 0.0101 e. The summed E-state index contributed by atoms with van der Waals surface area (Å²) in [4.78, 5) is 1.38. The molecule has 2 heteroatoms. The van der Waals surface area contributed by atoms with Crippen LogP contribution in [-0.4, -0.2) is 12.8 Å². The molecule has 0 aliphatic rings. The average Bonchev–Trinajstić information content (AvgIpc) is 2.19. The number of aryl methyl sites for hydroxylation is 1. The normalized spacial score (nSPS) is 12.9. The lowest BCUT2D eigenvalue weighted by molar-refractivity contribution is 0.688. The first-order valence-electron chi connectivity index (χ1n) is 5.03. The van der Waals surface area contributed by atoms with E-state index in [4.69, 9.17) is 5.73 Å². The van der Waals surface area contributed by atoms with Crippen LogP contribution in [0, 0.1) is 6.92 Å². The fourth-order valence-electron chi connectivity index (χ4n) is 1.56. The second kappa shape index (κ2) is 5.42. The Morgan fingerprint density at radius 2 is 2.14 bits per heavy atom. The van der Waals surface area contributed by atoms with Crippen molar-refractivity contribution in [1.29, 1.82) is 0 Å². The summed E-state index contributed by atoms with van der Waals surface area (Å²) >= 11 is 1.81. The quantitative estimate of drug-likeness (QED) is 0.771. The lowest BCUT2D eigenvalue weighted by Gasteiger charge is -2.12. The third-order valence-electron chi connectivity index (χ3n) is 2.60. The lowest BCUT2D eigenvalue weighted by Crippen LogP contribution is -2.04. The van der Waals surface area contributed by atoms with Crippen LogP contribution in [0.2, 0.25) is 0 Å². The van der Waals surface area contributed by atoms with Gasteiger partial charge in [0.05, 0.1) is 0 Å². The van der Waals surface area contributed by atoms with Gasteiger partial charge in [0.25, 0.3) is 0 Å².